The van der Waals surface area contributed by atoms with Gasteiger partial charge in [0.15, 0.2) is 0 Å². The number of pyridine rings is 1. The van der Waals surface area contributed by atoms with Gasteiger partial charge in [-0.05, 0) is 55.9 Å². The fourth-order valence-corrected chi connectivity index (χ4v) is 4.29. The molecular weight excluding hydrogens is 456 g/mol. The predicted molar refractivity (Wildman–Crippen MR) is 140 cm³/mol. The molecule has 0 saturated carbocycles. The number of fused-ring (bicyclic) bond motifs is 1. The van der Waals surface area contributed by atoms with E-state index in [0.29, 0.717) is 12.8 Å². The van der Waals surface area contributed by atoms with Crippen LogP contribution in [0.5, 0.6) is 5.75 Å². The third-order valence-corrected chi connectivity index (χ3v) is 6.38. The van der Waals surface area contributed by atoms with E-state index >= 15 is 0 Å². The van der Waals surface area contributed by atoms with E-state index in [1.807, 2.05) is 51.1 Å². The van der Waals surface area contributed by atoms with Crippen LogP contribution < -0.4 is 4.74 Å². The van der Waals surface area contributed by atoms with Gasteiger partial charge in [-0.3, -0.25) is 9.78 Å². The van der Waals surface area contributed by atoms with Crippen LogP contribution in [-0.4, -0.2) is 51.5 Å². The Labute approximate surface area is 213 Å². The first-order chi connectivity index (χ1) is 17.3. The zero-order chi connectivity index (χ0) is 26.1. The molecule has 8 heteroatoms. The molecule has 0 radical (unpaired) electrons. The molecule has 1 amide bonds. The molecule has 2 aromatic heterocycles. The van der Waals surface area contributed by atoms with E-state index in [2.05, 4.69) is 14.5 Å². The van der Waals surface area contributed by atoms with Crippen LogP contribution >= 0.6 is 0 Å². The molecule has 36 heavy (non-hydrogen) atoms. The molecule has 3 aromatic rings. The molecule has 0 aliphatic rings. The minimum absolute atomic E-state index is 0.0302. The number of likely N-dealkylation sites (N-methyl/N-ethyl adjacent to an activating group) is 1. The molecule has 0 aliphatic carbocycles. The molecule has 3 rings (SSSR count). The number of aryl methyl sites for hydroxylation is 2. The number of amides is 1. The van der Waals surface area contributed by atoms with Crippen molar-refractivity contribution >= 4 is 22.9 Å². The maximum absolute atomic E-state index is 12.9. The highest BCUT2D eigenvalue weighted by molar-refractivity contribution is 5.84. The zero-order valence-electron chi connectivity index (χ0n) is 22.1. The van der Waals surface area contributed by atoms with Crippen molar-refractivity contribution in [1.29, 1.82) is 0 Å². The number of hydrogen-bond acceptors (Lipinski definition) is 6. The third-order valence-electron chi connectivity index (χ3n) is 6.38. The van der Waals surface area contributed by atoms with Crippen molar-refractivity contribution in [2.75, 3.05) is 14.2 Å². The monoisotopic (exact) mass is 494 g/mol. The molecule has 0 bridgehead atoms. The number of imidazole rings is 1. The maximum atomic E-state index is 12.9. The summed E-state index contributed by atoms with van der Waals surface area (Å²) >= 11 is 0. The van der Waals surface area contributed by atoms with E-state index in [1.54, 1.807) is 31.5 Å². The van der Waals surface area contributed by atoms with Crippen molar-refractivity contribution in [2.24, 2.45) is 5.92 Å². The van der Waals surface area contributed by atoms with Gasteiger partial charge in [-0.15, -0.1) is 0 Å². The minimum Gasteiger partial charge on any atom is -0.497 e. The molecule has 1 atom stereocenters. The second kappa shape index (κ2) is 13.0. The molecule has 1 aromatic carbocycles. The summed E-state index contributed by atoms with van der Waals surface area (Å²) in [6, 6.07) is 8.78. The van der Waals surface area contributed by atoms with Crippen LogP contribution in [0.1, 0.15) is 57.3 Å². The molecule has 0 saturated heterocycles. The molecular formula is C28H38N4O4. The summed E-state index contributed by atoms with van der Waals surface area (Å²) < 4.78 is 12.9. The van der Waals surface area contributed by atoms with Gasteiger partial charge in [-0.25, -0.2) is 9.78 Å². The number of esters is 1. The van der Waals surface area contributed by atoms with Gasteiger partial charge in [0.2, 0.25) is 5.91 Å². The normalized spacial score (nSPS) is 12.1. The summed E-state index contributed by atoms with van der Waals surface area (Å²) in [5.74, 6) is 1.57. The summed E-state index contributed by atoms with van der Waals surface area (Å²) in [6.45, 7) is 7.10. The van der Waals surface area contributed by atoms with E-state index in [4.69, 9.17) is 9.47 Å². The van der Waals surface area contributed by atoms with Crippen molar-refractivity contribution in [3.8, 4) is 5.75 Å². The number of benzene rings is 1. The molecule has 0 N–H and O–H groups in total. The second-order valence-corrected chi connectivity index (χ2v) is 9.59. The van der Waals surface area contributed by atoms with Gasteiger partial charge >= 0.3 is 5.97 Å². The number of carbonyl (C=O) groups excluding carboxylic acids is 2. The van der Waals surface area contributed by atoms with Gasteiger partial charge in [-0.1, -0.05) is 32.4 Å². The van der Waals surface area contributed by atoms with Crippen LogP contribution in [0.25, 0.3) is 11.0 Å². The second-order valence-electron chi connectivity index (χ2n) is 9.59. The number of methoxy groups -OCH3 is 1. The minimum atomic E-state index is -0.593. The summed E-state index contributed by atoms with van der Waals surface area (Å²) in [6.07, 6.45) is 7.17. The lowest BCUT2D eigenvalue weighted by atomic mass is 10.0. The first kappa shape index (κ1) is 27.2. The number of rotatable bonds is 13. The number of nitrogens with zero attached hydrogens (tertiary/aromatic N) is 4. The lowest BCUT2D eigenvalue weighted by molar-refractivity contribution is -0.156. The van der Waals surface area contributed by atoms with Crippen LogP contribution in [0.15, 0.2) is 42.7 Å². The number of ether oxygens (including phenoxy) is 2. The number of unbranched alkanes of at least 4 members (excludes halogenated alkanes) is 2. The van der Waals surface area contributed by atoms with Crippen molar-refractivity contribution < 1.29 is 19.1 Å². The van der Waals surface area contributed by atoms with E-state index in [1.165, 1.54) is 0 Å². The van der Waals surface area contributed by atoms with Crippen LogP contribution in [0.3, 0.4) is 0 Å². The standard InChI is InChI=1S/C28H38N4O4/c1-20(2)17-26(28(34)36-19-22-10-12-23(35-5)13-11-22)31(4)27(33)9-7-6-8-16-32-21(3)30-24-18-29-15-14-25(24)32/h10-15,18,20,26H,6-9,16-17,19H2,1-5H3/t26-/m0/s1. The Kier molecular flexibility index (Phi) is 9.85. The Morgan fingerprint density at radius 3 is 2.53 bits per heavy atom. The topological polar surface area (TPSA) is 86.5 Å². The molecule has 0 fully saturated rings. The average molecular weight is 495 g/mol. The van der Waals surface area contributed by atoms with Gasteiger partial charge in [0.1, 0.15) is 29.7 Å². The zero-order valence-corrected chi connectivity index (χ0v) is 22.1. The average Bonchev–Trinajstić information content (AvgIpc) is 3.20. The van der Waals surface area contributed by atoms with Crippen molar-refractivity contribution in [3.05, 3.63) is 54.1 Å². The van der Waals surface area contributed by atoms with E-state index in [-0.39, 0.29) is 24.4 Å². The highest BCUT2D eigenvalue weighted by atomic mass is 16.5. The van der Waals surface area contributed by atoms with Crippen LogP contribution in [0.4, 0.5) is 0 Å². The first-order valence-corrected chi connectivity index (χ1v) is 12.6. The Balaban J connectivity index is 1.47. The first-order valence-electron chi connectivity index (χ1n) is 12.6. The number of carbonyl (C=O) groups is 2. The summed E-state index contributed by atoms with van der Waals surface area (Å²) in [7, 11) is 3.32. The molecule has 0 unspecified atom stereocenters. The summed E-state index contributed by atoms with van der Waals surface area (Å²) in [5, 5.41) is 0. The number of aromatic nitrogens is 3. The van der Waals surface area contributed by atoms with Gasteiger partial charge in [0.05, 0.1) is 18.8 Å². The maximum Gasteiger partial charge on any atom is 0.329 e. The highest BCUT2D eigenvalue weighted by Crippen LogP contribution is 2.18. The predicted octanol–water partition coefficient (Wildman–Crippen LogP) is 4.93. The largest absolute Gasteiger partial charge is 0.497 e. The van der Waals surface area contributed by atoms with Gasteiger partial charge in [-0.2, -0.15) is 0 Å². The van der Waals surface area contributed by atoms with Crippen molar-refractivity contribution in [2.45, 2.75) is 72.1 Å². The lowest BCUT2D eigenvalue weighted by Gasteiger charge is -2.28. The Morgan fingerprint density at radius 1 is 1.08 bits per heavy atom. The van der Waals surface area contributed by atoms with Crippen LogP contribution in [-0.2, 0) is 27.5 Å². The fraction of sp³-hybridized carbons (Fsp3) is 0.500. The Bertz CT molecular complexity index is 1140. The van der Waals surface area contributed by atoms with Crippen molar-refractivity contribution in [3.63, 3.8) is 0 Å². The molecule has 2 heterocycles. The third kappa shape index (κ3) is 7.29. The Hall–Kier alpha value is -3.42. The van der Waals surface area contributed by atoms with Gasteiger partial charge < -0.3 is 18.9 Å². The fourth-order valence-electron chi connectivity index (χ4n) is 4.29. The molecule has 0 spiro atoms. The smallest absolute Gasteiger partial charge is 0.329 e. The summed E-state index contributed by atoms with van der Waals surface area (Å²) in [5.41, 5.74) is 2.86. The quantitative estimate of drug-likeness (QED) is 0.247. The number of hydrogen-bond donors (Lipinski definition) is 0. The van der Waals surface area contributed by atoms with E-state index in [0.717, 1.165) is 54.0 Å². The van der Waals surface area contributed by atoms with Crippen LogP contribution in [0, 0.1) is 12.8 Å². The van der Waals surface area contributed by atoms with Gasteiger partial charge in [0.25, 0.3) is 0 Å². The van der Waals surface area contributed by atoms with Crippen LogP contribution in [0.2, 0.25) is 0 Å². The lowest BCUT2D eigenvalue weighted by Crippen LogP contribution is -2.44. The van der Waals surface area contributed by atoms with E-state index < -0.39 is 6.04 Å². The van der Waals surface area contributed by atoms with E-state index in [9.17, 15) is 9.59 Å². The molecule has 0 aliphatic heterocycles. The SMILES string of the molecule is COc1ccc(COC(=O)[C@H](CC(C)C)N(C)C(=O)CCCCCn2c(C)nc3cnccc32)cc1. The molecule has 8 nitrogen and oxygen atoms in total. The Morgan fingerprint density at radius 2 is 1.83 bits per heavy atom. The highest BCUT2D eigenvalue weighted by Gasteiger charge is 2.28. The molecule has 194 valence electrons. The van der Waals surface area contributed by atoms with Gasteiger partial charge in [0, 0.05) is 26.2 Å². The van der Waals surface area contributed by atoms with Crippen molar-refractivity contribution in [1.82, 2.24) is 19.4 Å². The summed E-state index contributed by atoms with van der Waals surface area (Å²) in [4.78, 5) is 36.1.